The average Bonchev–Trinajstić information content (AvgIpc) is 2.97. The number of hydrogen-bond acceptors (Lipinski definition) is 4. The van der Waals surface area contributed by atoms with E-state index in [1.54, 1.807) is 6.20 Å². The van der Waals surface area contributed by atoms with Crippen LogP contribution in [0.3, 0.4) is 0 Å². The Morgan fingerprint density at radius 2 is 2.21 bits per heavy atom. The fraction of sp³-hybridized carbons (Fsp3) is 0.167. The second kappa shape index (κ2) is 5.39. The van der Waals surface area contributed by atoms with E-state index in [4.69, 9.17) is 5.11 Å². The second-order valence-electron chi connectivity index (χ2n) is 5.89. The van der Waals surface area contributed by atoms with E-state index in [1.807, 2.05) is 41.4 Å². The highest BCUT2D eigenvalue weighted by Gasteiger charge is 2.33. The molecule has 2 N–H and O–H groups in total. The van der Waals surface area contributed by atoms with Gasteiger partial charge in [0.2, 0.25) is 0 Å². The van der Waals surface area contributed by atoms with Crippen LogP contribution in [-0.4, -0.2) is 34.1 Å². The first-order valence-electron chi connectivity index (χ1n) is 7.62. The van der Waals surface area contributed by atoms with E-state index in [9.17, 15) is 10.1 Å². The number of carboxylic acids is 1. The van der Waals surface area contributed by atoms with Crippen LogP contribution in [-0.2, 0) is 4.79 Å². The van der Waals surface area contributed by atoms with Crippen LogP contribution in [0.25, 0.3) is 22.2 Å². The Labute approximate surface area is 138 Å². The molecule has 1 fully saturated rings. The summed E-state index contributed by atoms with van der Waals surface area (Å²) >= 11 is 0. The van der Waals surface area contributed by atoms with Crippen LogP contribution in [0.2, 0.25) is 0 Å². The molecule has 6 nitrogen and oxygen atoms in total. The van der Waals surface area contributed by atoms with Gasteiger partial charge in [0.15, 0.2) is 0 Å². The summed E-state index contributed by atoms with van der Waals surface area (Å²) < 4.78 is 0. The number of hydrogen-bond donors (Lipinski definition) is 2. The SMILES string of the molecule is N#Cc1cc(-c2c[nH]c3ncccc23)ccc1N1CC(C(=O)O)C1. The average molecular weight is 318 g/mol. The number of rotatable bonds is 3. The Morgan fingerprint density at radius 1 is 1.38 bits per heavy atom. The molecule has 1 aliphatic heterocycles. The normalized spacial score (nSPS) is 14.4. The number of nitrogens with one attached hydrogen (secondary N) is 1. The van der Waals surface area contributed by atoms with Gasteiger partial charge >= 0.3 is 5.97 Å². The van der Waals surface area contributed by atoms with Gasteiger partial charge in [-0.15, -0.1) is 0 Å². The van der Waals surface area contributed by atoms with Crippen molar-refractivity contribution < 1.29 is 9.90 Å². The standard InChI is InChI=1S/C18H14N4O2/c19-7-12-6-11(15-8-21-17-14(15)2-1-5-20-17)3-4-16(12)22-9-13(10-22)18(23)24/h1-6,8,13H,9-10H2,(H,20,21)(H,23,24). The summed E-state index contributed by atoms with van der Waals surface area (Å²) in [5, 5.41) is 19.5. The zero-order valence-corrected chi connectivity index (χ0v) is 12.7. The maximum Gasteiger partial charge on any atom is 0.310 e. The van der Waals surface area contributed by atoms with Gasteiger partial charge in [0, 0.05) is 36.4 Å². The third-order valence-corrected chi connectivity index (χ3v) is 4.45. The molecular weight excluding hydrogens is 304 g/mol. The number of carbonyl (C=O) groups is 1. The van der Waals surface area contributed by atoms with Crippen molar-refractivity contribution in [2.45, 2.75) is 0 Å². The van der Waals surface area contributed by atoms with Gasteiger partial charge in [0.1, 0.15) is 11.7 Å². The lowest BCUT2D eigenvalue weighted by atomic mass is 9.96. The molecule has 1 aliphatic rings. The first kappa shape index (κ1) is 14.3. The van der Waals surface area contributed by atoms with Gasteiger partial charge in [-0.05, 0) is 29.8 Å². The number of aromatic amines is 1. The summed E-state index contributed by atoms with van der Waals surface area (Å²) in [6.07, 6.45) is 3.62. The Hall–Kier alpha value is -3.33. The number of nitrogens with zero attached hydrogens (tertiary/aromatic N) is 3. The molecule has 118 valence electrons. The lowest BCUT2D eigenvalue weighted by Gasteiger charge is -2.39. The molecule has 0 unspecified atom stereocenters. The molecule has 3 heterocycles. The maximum absolute atomic E-state index is 10.9. The van der Waals surface area contributed by atoms with Crippen molar-refractivity contribution in [3.05, 3.63) is 48.3 Å². The molecule has 0 saturated carbocycles. The van der Waals surface area contributed by atoms with Crippen LogP contribution in [0, 0.1) is 17.2 Å². The minimum atomic E-state index is -0.785. The van der Waals surface area contributed by atoms with Gasteiger partial charge in [0.05, 0.1) is 17.2 Å². The minimum absolute atomic E-state index is 0.351. The molecule has 3 aromatic rings. The third kappa shape index (κ3) is 2.18. The Kier molecular flexibility index (Phi) is 3.21. The fourth-order valence-electron chi connectivity index (χ4n) is 3.10. The van der Waals surface area contributed by atoms with E-state index in [2.05, 4.69) is 16.0 Å². The molecule has 2 aromatic heterocycles. The molecule has 0 amide bonds. The molecule has 0 radical (unpaired) electrons. The predicted molar refractivity (Wildman–Crippen MR) is 89.6 cm³/mol. The van der Waals surface area contributed by atoms with Crippen LogP contribution >= 0.6 is 0 Å². The molecule has 1 aromatic carbocycles. The number of anilines is 1. The summed E-state index contributed by atoms with van der Waals surface area (Å²) in [6.45, 7) is 0.890. The molecule has 0 spiro atoms. The van der Waals surface area contributed by atoms with Crippen molar-refractivity contribution in [2.75, 3.05) is 18.0 Å². The minimum Gasteiger partial charge on any atom is -0.481 e. The molecule has 1 saturated heterocycles. The van der Waals surface area contributed by atoms with Gasteiger partial charge in [0.25, 0.3) is 0 Å². The quantitative estimate of drug-likeness (QED) is 0.774. The number of benzene rings is 1. The summed E-state index contributed by atoms with van der Waals surface area (Å²) in [6, 6.07) is 11.8. The zero-order chi connectivity index (χ0) is 16.7. The lowest BCUT2D eigenvalue weighted by molar-refractivity contribution is -0.142. The smallest absolute Gasteiger partial charge is 0.310 e. The Morgan fingerprint density at radius 3 is 2.96 bits per heavy atom. The maximum atomic E-state index is 10.9. The van der Waals surface area contributed by atoms with Crippen LogP contribution in [0.1, 0.15) is 5.56 Å². The first-order valence-corrected chi connectivity index (χ1v) is 7.62. The van der Waals surface area contributed by atoms with Crippen molar-refractivity contribution >= 4 is 22.7 Å². The third-order valence-electron chi connectivity index (χ3n) is 4.45. The largest absolute Gasteiger partial charge is 0.481 e. The molecule has 24 heavy (non-hydrogen) atoms. The van der Waals surface area contributed by atoms with E-state index in [1.165, 1.54) is 0 Å². The highest BCUT2D eigenvalue weighted by molar-refractivity contribution is 5.94. The van der Waals surface area contributed by atoms with Crippen LogP contribution in [0.4, 0.5) is 5.69 Å². The van der Waals surface area contributed by atoms with Gasteiger partial charge in [-0.3, -0.25) is 4.79 Å². The Bertz CT molecular complexity index is 980. The number of pyridine rings is 1. The predicted octanol–water partition coefficient (Wildman–Crippen LogP) is 2.62. The molecule has 6 heteroatoms. The number of aliphatic carboxylic acids is 1. The summed E-state index contributed by atoms with van der Waals surface area (Å²) in [5.74, 6) is -1.14. The van der Waals surface area contributed by atoms with Gasteiger partial charge in [-0.1, -0.05) is 6.07 Å². The monoisotopic (exact) mass is 318 g/mol. The van der Waals surface area contributed by atoms with Crippen LogP contribution < -0.4 is 4.90 Å². The number of H-pyrrole nitrogens is 1. The highest BCUT2D eigenvalue weighted by atomic mass is 16.4. The number of aromatic nitrogens is 2. The lowest BCUT2D eigenvalue weighted by Crippen LogP contribution is -2.50. The van der Waals surface area contributed by atoms with Crippen molar-refractivity contribution in [2.24, 2.45) is 5.92 Å². The van der Waals surface area contributed by atoms with Crippen molar-refractivity contribution in [3.8, 4) is 17.2 Å². The molecule has 0 bridgehead atoms. The Balaban J connectivity index is 1.70. The van der Waals surface area contributed by atoms with E-state index >= 15 is 0 Å². The van der Waals surface area contributed by atoms with Crippen molar-refractivity contribution in [1.82, 2.24) is 9.97 Å². The number of nitriles is 1. The number of fused-ring (bicyclic) bond motifs is 1. The van der Waals surface area contributed by atoms with E-state index in [0.29, 0.717) is 18.7 Å². The zero-order valence-electron chi connectivity index (χ0n) is 12.7. The van der Waals surface area contributed by atoms with E-state index in [-0.39, 0.29) is 5.92 Å². The van der Waals surface area contributed by atoms with Gasteiger partial charge < -0.3 is 15.0 Å². The van der Waals surface area contributed by atoms with Gasteiger partial charge in [-0.2, -0.15) is 5.26 Å². The highest BCUT2D eigenvalue weighted by Crippen LogP contribution is 2.33. The molecule has 0 aliphatic carbocycles. The summed E-state index contributed by atoms with van der Waals surface area (Å²) in [4.78, 5) is 20.3. The van der Waals surface area contributed by atoms with Crippen LogP contribution in [0.5, 0.6) is 0 Å². The topological polar surface area (TPSA) is 93.0 Å². The molecule has 0 atom stereocenters. The van der Waals surface area contributed by atoms with Crippen molar-refractivity contribution in [1.29, 1.82) is 5.26 Å². The first-order chi connectivity index (χ1) is 11.7. The molecular formula is C18H14N4O2. The summed E-state index contributed by atoms with van der Waals surface area (Å²) in [7, 11) is 0. The number of carboxylic acid groups (broad SMARTS) is 1. The van der Waals surface area contributed by atoms with Crippen LogP contribution in [0.15, 0.2) is 42.7 Å². The van der Waals surface area contributed by atoms with Gasteiger partial charge in [-0.25, -0.2) is 4.98 Å². The summed E-state index contributed by atoms with van der Waals surface area (Å²) in [5.41, 5.74) is 4.08. The fourth-order valence-corrected chi connectivity index (χ4v) is 3.10. The molecule has 4 rings (SSSR count). The van der Waals surface area contributed by atoms with Crippen molar-refractivity contribution in [3.63, 3.8) is 0 Å². The van der Waals surface area contributed by atoms with E-state index < -0.39 is 5.97 Å². The van der Waals surface area contributed by atoms with E-state index in [0.717, 1.165) is 27.8 Å². The second-order valence-corrected chi connectivity index (χ2v) is 5.89.